The molecule has 162 valence electrons. The molecular weight excluding hydrogens is 418 g/mol. The van der Waals surface area contributed by atoms with Gasteiger partial charge in [0.25, 0.3) is 0 Å². The summed E-state index contributed by atoms with van der Waals surface area (Å²) in [6.45, 7) is 11.2. The first-order chi connectivity index (χ1) is 11.0. The Bertz CT molecular complexity index is 577. The molecular formula is C11H24F6N2O5S2. The van der Waals surface area contributed by atoms with E-state index in [1.54, 1.807) is 0 Å². The summed E-state index contributed by atoms with van der Waals surface area (Å²) < 4.78 is 114. The van der Waals surface area contributed by atoms with Crippen LogP contribution in [0.15, 0.2) is 0 Å². The topological polar surface area (TPSA) is 113 Å². The third kappa shape index (κ3) is 16.8. The minimum Gasteiger partial charge on any atom is -0.312 e. The summed E-state index contributed by atoms with van der Waals surface area (Å²) in [5.41, 5.74) is -10.7. The van der Waals surface area contributed by atoms with Crippen molar-refractivity contribution in [2.45, 2.75) is 70.7 Å². The quantitative estimate of drug-likeness (QED) is 0.351. The van der Waals surface area contributed by atoms with Crippen molar-refractivity contribution in [3.63, 3.8) is 0 Å². The lowest BCUT2D eigenvalue weighted by Crippen LogP contribution is -2.40. The number of alkyl halides is 6. The Hall–Kier alpha value is -0.640. The standard InChI is InChI=1S/C6H15N.C4H8F3NO2S.CHF3O3S/c1-5(2)7-6(3)4;1-3(2)8-11(9,10)4(5,6)7;2-1(3,4)8(5,6)7/h5-7H,1-4H3;3,8H,1-2H3;(H,5,6,7). The molecule has 0 heterocycles. The molecule has 3 N–H and O–H groups in total. The Morgan fingerprint density at radius 1 is 0.692 bits per heavy atom. The third-order valence-electron chi connectivity index (χ3n) is 1.65. The maximum atomic E-state index is 11.5. The molecule has 0 aromatic carbocycles. The van der Waals surface area contributed by atoms with Crippen molar-refractivity contribution in [3.05, 3.63) is 0 Å². The summed E-state index contributed by atoms with van der Waals surface area (Å²) >= 11 is 0. The average Bonchev–Trinajstić information content (AvgIpc) is 2.21. The summed E-state index contributed by atoms with van der Waals surface area (Å²) in [5.74, 6) is 0. The van der Waals surface area contributed by atoms with E-state index in [9.17, 15) is 34.8 Å². The van der Waals surface area contributed by atoms with E-state index in [-0.39, 0.29) is 0 Å². The van der Waals surface area contributed by atoms with Gasteiger partial charge in [-0.1, -0.05) is 27.7 Å². The summed E-state index contributed by atoms with van der Waals surface area (Å²) in [4.78, 5) is 0. The van der Waals surface area contributed by atoms with E-state index >= 15 is 0 Å². The van der Waals surface area contributed by atoms with Crippen LogP contribution in [0.3, 0.4) is 0 Å². The SMILES string of the molecule is CC(C)NC(C)C.CC(C)NS(=O)(=O)C(F)(F)F.O=S(=O)(O)C(F)(F)F. The maximum absolute atomic E-state index is 11.5. The lowest BCUT2D eigenvalue weighted by Gasteiger charge is -2.11. The zero-order chi connectivity index (χ0) is 22.1. The average molecular weight is 442 g/mol. The van der Waals surface area contributed by atoms with Crippen LogP contribution in [0.2, 0.25) is 0 Å². The predicted octanol–water partition coefficient (Wildman–Crippen LogP) is 2.62. The van der Waals surface area contributed by atoms with Crippen LogP contribution in [0.4, 0.5) is 26.3 Å². The van der Waals surface area contributed by atoms with Gasteiger partial charge in [-0.15, -0.1) is 0 Å². The number of sulfonamides is 1. The van der Waals surface area contributed by atoms with E-state index in [1.807, 2.05) is 0 Å². The fourth-order valence-electron chi connectivity index (χ4n) is 1.04. The molecule has 0 rings (SSSR count). The highest BCUT2D eigenvalue weighted by molar-refractivity contribution is 7.90. The predicted molar refractivity (Wildman–Crippen MR) is 84.3 cm³/mol. The lowest BCUT2D eigenvalue weighted by atomic mass is 10.3. The monoisotopic (exact) mass is 442 g/mol. The lowest BCUT2D eigenvalue weighted by molar-refractivity contribution is -0.0510. The van der Waals surface area contributed by atoms with Gasteiger partial charge in [0.2, 0.25) is 0 Å². The number of hydrogen-bond acceptors (Lipinski definition) is 5. The fraction of sp³-hybridized carbons (Fsp3) is 1.00. The molecule has 0 aromatic rings. The Kier molecular flexibility index (Phi) is 13.0. The molecule has 0 atom stereocenters. The zero-order valence-corrected chi connectivity index (χ0v) is 16.5. The van der Waals surface area contributed by atoms with Crippen molar-refractivity contribution in [3.8, 4) is 0 Å². The molecule has 0 aliphatic carbocycles. The van der Waals surface area contributed by atoms with Crippen LogP contribution in [-0.2, 0) is 20.1 Å². The summed E-state index contributed by atoms with van der Waals surface area (Å²) in [6, 6.07) is 0.502. The maximum Gasteiger partial charge on any atom is 0.522 e. The molecule has 0 aromatic heterocycles. The molecule has 0 bridgehead atoms. The van der Waals surface area contributed by atoms with E-state index in [0.29, 0.717) is 12.1 Å². The second-order valence-electron chi connectivity index (χ2n) is 5.62. The fourth-order valence-corrected chi connectivity index (χ4v) is 1.80. The van der Waals surface area contributed by atoms with Crippen molar-refractivity contribution in [2.24, 2.45) is 0 Å². The van der Waals surface area contributed by atoms with Gasteiger partial charge in [-0.25, -0.2) is 13.1 Å². The normalized spacial score (nSPS) is 13.2. The van der Waals surface area contributed by atoms with Crippen LogP contribution in [0.1, 0.15) is 41.5 Å². The van der Waals surface area contributed by atoms with Gasteiger partial charge in [0.15, 0.2) is 0 Å². The first kappa shape index (κ1) is 30.1. The highest BCUT2D eigenvalue weighted by Gasteiger charge is 2.46. The van der Waals surface area contributed by atoms with Crippen molar-refractivity contribution in [1.29, 1.82) is 0 Å². The molecule has 0 saturated carbocycles. The Labute approximate surface area is 149 Å². The first-order valence-electron chi connectivity index (χ1n) is 6.93. The first-order valence-corrected chi connectivity index (χ1v) is 9.85. The Balaban J connectivity index is -0.000000315. The van der Waals surface area contributed by atoms with Gasteiger partial charge in [-0.05, 0) is 13.8 Å². The van der Waals surface area contributed by atoms with Crippen LogP contribution in [0.5, 0.6) is 0 Å². The van der Waals surface area contributed by atoms with Crippen LogP contribution in [0, 0.1) is 0 Å². The number of hydrogen-bond donors (Lipinski definition) is 3. The molecule has 15 heteroatoms. The van der Waals surface area contributed by atoms with E-state index in [1.165, 1.54) is 18.6 Å². The number of rotatable bonds is 4. The second-order valence-corrected chi connectivity index (χ2v) is 8.74. The summed E-state index contributed by atoms with van der Waals surface area (Å²) in [6.07, 6.45) is 0. The van der Waals surface area contributed by atoms with Crippen molar-refractivity contribution < 1.29 is 47.7 Å². The molecule has 0 unspecified atom stereocenters. The highest BCUT2D eigenvalue weighted by Crippen LogP contribution is 2.21. The van der Waals surface area contributed by atoms with Crippen LogP contribution >= 0.6 is 0 Å². The minimum atomic E-state index is -5.84. The molecule has 26 heavy (non-hydrogen) atoms. The summed E-state index contributed by atoms with van der Waals surface area (Å²) in [7, 11) is -11.0. The third-order valence-corrected chi connectivity index (χ3v) is 3.63. The second kappa shape index (κ2) is 11.3. The molecule has 7 nitrogen and oxygen atoms in total. The van der Waals surface area contributed by atoms with E-state index in [4.69, 9.17) is 13.0 Å². The van der Waals surface area contributed by atoms with Gasteiger partial charge in [-0.3, -0.25) is 4.55 Å². The van der Waals surface area contributed by atoms with Crippen LogP contribution in [-0.4, -0.2) is 50.5 Å². The van der Waals surface area contributed by atoms with Gasteiger partial charge in [0, 0.05) is 18.1 Å². The van der Waals surface area contributed by atoms with Gasteiger partial charge < -0.3 is 5.32 Å². The molecule has 0 radical (unpaired) electrons. The number of halogens is 6. The number of nitrogens with one attached hydrogen (secondary N) is 2. The van der Waals surface area contributed by atoms with Crippen molar-refractivity contribution in [2.75, 3.05) is 0 Å². The zero-order valence-electron chi connectivity index (χ0n) is 14.9. The van der Waals surface area contributed by atoms with Gasteiger partial charge in [0.1, 0.15) is 0 Å². The minimum absolute atomic E-state index is 0.625. The largest absolute Gasteiger partial charge is 0.522 e. The molecule has 0 spiro atoms. The highest BCUT2D eigenvalue weighted by atomic mass is 32.2. The Morgan fingerprint density at radius 3 is 1.00 bits per heavy atom. The molecule has 0 amide bonds. The molecule has 0 saturated heterocycles. The van der Waals surface area contributed by atoms with E-state index in [0.717, 1.165) is 0 Å². The van der Waals surface area contributed by atoms with Crippen molar-refractivity contribution >= 4 is 20.1 Å². The molecule has 0 aliphatic heterocycles. The van der Waals surface area contributed by atoms with Gasteiger partial charge in [-0.2, -0.15) is 34.8 Å². The molecule has 0 fully saturated rings. The van der Waals surface area contributed by atoms with Gasteiger partial charge >= 0.3 is 31.2 Å². The van der Waals surface area contributed by atoms with Crippen LogP contribution in [0.25, 0.3) is 0 Å². The van der Waals surface area contributed by atoms with Crippen molar-refractivity contribution in [1.82, 2.24) is 10.0 Å². The smallest absolute Gasteiger partial charge is 0.312 e. The van der Waals surface area contributed by atoms with Crippen LogP contribution < -0.4 is 10.0 Å². The molecule has 0 aliphatic rings. The Morgan fingerprint density at radius 2 is 0.962 bits per heavy atom. The van der Waals surface area contributed by atoms with E-state index < -0.39 is 37.2 Å². The van der Waals surface area contributed by atoms with E-state index in [2.05, 4.69) is 33.0 Å². The summed E-state index contributed by atoms with van der Waals surface area (Å²) in [5, 5.41) is 3.31. The van der Waals surface area contributed by atoms with Gasteiger partial charge in [0.05, 0.1) is 0 Å².